The fraction of sp³-hybridized carbons (Fsp3) is 0.429. The molecule has 0 aliphatic heterocycles. The zero-order valence-corrected chi connectivity index (χ0v) is 13.4. The summed E-state index contributed by atoms with van der Waals surface area (Å²) in [4.78, 5) is 18.3. The SMILES string of the molecule is CCCCONC(=O)N(C(=N)N)c1c(C)cccc1C.Cl. The van der Waals surface area contributed by atoms with Gasteiger partial charge < -0.3 is 5.73 Å². The van der Waals surface area contributed by atoms with Crippen LogP contribution < -0.4 is 16.1 Å². The Bertz CT molecular complexity index is 474. The average Bonchev–Trinajstić information content (AvgIpc) is 2.38. The second-order valence-electron chi connectivity index (χ2n) is 4.57. The van der Waals surface area contributed by atoms with Gasteiger partial charge in [0.25, 0.3) is 0 Å². The fourth-order valence-corrected chi connectivity index (χ4v) is 1.86. The number of hydrogen-bond acceptors (Lipinski definition) is 3. The summed E-state index contributed by atoms with van der Waals surface area (Å²) in [5, 5.41) is 7.62. The molecule has 0 saturated heterocycles. The van der Waals surface area contributed by atoms with Gasteiger partial charge in [-0.1, -0.05) is 31.5 Å². The van der Waals surface area contributed by atoms with Crippen molar-refractivity contribution in [1.82, 2.24) is 5.48 Å². The number of hydroxylamine groups is 1. The van der Waals surface area contributed by atoms with E-state index >= 15 is 0 Å². The Labute approximate surface area is 131 Å². The van der Waals surface area contributed by atoms with Crippen molar-refractivity contribution in [1.29, 1.82) is 5.41 Å². The van der Waals surface area contributed by atoms with Crippen molar-refractivity contribution in [3.63, 3.8) is 0 Å². The van der Waals surface area contributed by atoms with Crippen LogP contribution in [-0.4, -0.2) is 18.6 Å². The standard InChI is InChI=1S/C14H22N4O2.ClH/c1-4-5-9-20-17-14(19)18(13(15)16)12-10(2)7-6-8-11(12)3;/h6-8H,4-5,9H2,1-3H3,(H3,15,16)(H,17,19);1H. The van der Waals surface area contributed by atoms with Gasteiger partial charge in [0.15, 0.2) is 0 Å². The third kappa shape index (κ3) is 5.24. The van der Waals surface area contributed by atoms with Gasteiger partial charge in [0.1, 0.15) is 0 Å². The van der Waals surface area contributed by atoms with Crippen molar-refractivity contribution < 1.29 is 9.63 Å². The number of urea groups is 1. The normalized spacial score (nSPS) is 9.67. The molecule has 4 N–H and O–H groups in total. The first-order valence-electron chi connectivity index (χ1n) is 6.61. The molecule has 0 radical (unpaired) electrons. The zero-order chi connectivity index (χ0) is 15.1. The number of aryl methyl sites for hydroxylation is 2. The highest BCUT2D eigenvalue weighted by molar-refractivity contribution is 6.14. The molecular formula is C14H23ClN4O2. The Kier molecular flexibility index (Phi) is 8.42. The fourth-order valence-electron chi connectivity index (χ4n) is 1.86. The number of amides is 2. The Balaban J connectivity index is 0.00000400. The number of nitrogens with two attached hydrogens (primary N) is 1. The van der Waals surface area contributed by atoms with Crippen LogP contribution in [0.3, 0.4) is 0 Å². The van der Waals surface area contributed by atoms with E-state index < -0.39 is 6.03 Å². The van der Waals surface area contributed by atoms with E-state index in [0.29, 0.717) is 12.3 Å². The first kappa shape index (κ1) is 19.2. The number of halogens is 1. The molecule has 0 aromatic heterocycles. The topological polar surface area (TPSA) is 91.4 Å². The number of para-hydroxylation sites is 1. The summed E-state index contributed by atoms with van der Waals surface area (Å²) in [6.07, 6.45) is 1.83. The molecule has 0 spiro atoms. The highest BCUT2D eigenvalue weighted by atomic mass is 35.5. The van der Waals surface area contributed by atoms with Crippen LogP contribution in [0.4, 0.5) is 10.5 Å². The number of rotatable bonds is 5. The van der Waals surface area contributed by atoms with Crippen molar-refractivity contribution in [2.75, 3.05) is 11.5 Å². The third-order valence-corrected chi connectivity index (χ3v) is 2.87. The number of benzene rings is 1. The van der Waals surface area contributed by atoms with Crippen molar-refractivity contribution in [2.24, 2.45) is 5.73 Å². The number of anilines is 1. The molecule has 0 aliphatic carbocycles. The average molecular weight is 315 g/mol. The lowest BCUT2D eigenvalue weighted by Crippen LogP contribution is -2.47. The first-order chi connectivity index (χ1) is 9.49. The van der Waals surface area contributed by atoms with Crippen LogP contribution in [0.2, 0.25) is 0 Å². The quantitative estimate of drug-likeness (QED) is 0.338. The maximum atomic E-state index is 12.1. The molecule has 1 aromatic rings. The van der Waals surface area contributed by atoms with Crippen LogP contribution in [-0.2, 0) is 4.84 Å². The van der Waals surface area contributed by atoms with E-state index in [9.17, 15) is 4.79 Å². The Morgan fingerprint density at radius 1 is 1.38 bits per heavy atom. The molecule has 0 saturated carbocycles. The predicted molar refractivity (Wildman–Crippen MR) is 86.9 cm³/mol. The van der Waals surface area contributed by atoms with Crippen molar-refractivity contribution >= 4 is 30.1 Å². The molecule has 0 atom stereocenters. The van der Waals surface area contributed by atoms with E-state index in [1.54, 1.807) is 0 Å². The van der Waals surface area contributed by atoms with Gasteiger partial charge in [-0.25, -0.2) is 15.2 Å². The zero-order valence-electron chi connectivity index (χ0n) is 12.6. The van der Waals surface area contributed by atoms with E-state index in [1.807, 2.05) is 39.0 Å². The second-order valence-corrected chi connectivity index (χ2v) is 4.57. The molecule has 0 bridgehead atoms. The summed E-state index contributed by atoms with van der Waals surface area (Å²) < 4.78 is 0. The lowest BCUT2D eigenvalue weighted by atomic mass is 10.1. The smallest absolute Gasteiger partial charge is 0.352 e. The maximum absolute atomic E-state index is 12.1. The summed E-state index contributed by atoms with van der Waals surface area (Å²) in [6, 6.07) is 5.06. The lowest BCUT2D eigenvalue weighted by molar-refractivity contribution is 0.0626. The summed E-state index contributed by atoms with van der Waals surface area (Å²) in [5.74, 6) is -0.348. The van der Waals surface area contributed by atoms with Gasteiger partial charge in [-0.3, -0.25) is 10.2 Å². The third-order valence-electron chi connectivity index (χ3n) is 2.87. The molecule has 0 fully saturated rings. The van der Waals surface area contributed by atoms with E-state index in [2.05, 4.69) is 5.48 Å². The Hall–Kier alpha value is -1.79. The minimum atomic E-state index is -0.564. The van der Waals surface area contributed by atoms with Crippen molar-refractivity contribution in [2.45, 2.75) is 33.6 Å². The Morgan fingerprint density at radius 2 is 1.95 bits per heavy atom. The van der Waals surface area contributed by atoms with Gasteiger partial charge >= 0.3 is 6.03 Å². The largest absolute Gasteiger partial charge is 0.369 e. The number of nitrogens with one attached hydrogen (secondary N) is 2. The van der Waals surface area contributed by atoms with E-state index in [-0.39, 0.29) is 18.4 Å². The molecule has 0 unspecified atom stereocenters. The minimum Gasteiger partial charge on any atom is -0.369 e. The molecule has 0 aliphatic rings. The van der Waals surface area contributed by atoms with Gasteiger partial charge in [-0.15, -0.1) is 12.4 Å². The number of unbranched alkanes of at least 4 members (excludes halogenated alkanes) is 1. The summed E-state index contributed by atoms with van der Waals surface area (Å²) in [7, 11) is 0. The molecule has 2 amide bonds. The van der Waals surface area contributed by atoms with Crippen molar-refractivity contribution in [3.8, 4) is 0 Å². The highest BCUT2D eigenvalue weighted by Crippen LogP contribution is 2.24. The molecular weight excluding hydrogens is 292 g/mol. The highest BCUT2D eigenvalue weighted by Gasteiger charge is 2.22. The van der Waals surface area contributed by atoms with E-state index in [4.69, 9.17) is 16.0 Å². The van der Waals surface area contributed by atoms with Crippen LogP contribution in [0.15, 0.2) is 18.2 Å². The van der Waals surface area contributed by atoms with Crippen LogP contribution >= 0.6 is 12.4 Å². The first-order valence-corrected chi connectivity index (χ1v) is 6.61. The molecule has 6 nitrogen and oxygen atoms in total. The molecule has 0 heterocycles. The van der Waals surface area contributed by atoms with E-state index in [1.165, 1.54) is 0 Å². The van der Waals surface area contributed by atoms with Gasteiger partial charge in [0.2, 0.25) is 5.96 Å². The molecule has 1 rings (SSSR count). The monoisotopic (exact) mass is 314 g/mol. The molecule has 21 heavy (non-hydrogen) atoms. The lowest BCUT2D eigenvalue weighted by Gasteiger charge is -2.24. The van der Waals surface area contributed by atoms with Gasteiger partial charge in [-0.05, 0) is 31.4 Å². The summed E-state index contributed by atoms with van der Waals surface area (Å²) in [5.41, 5.74) is 10.2. The van der Waals surface area contributed by atoms with Crippen LogP contribution in [0, 0.1) is 19.3 Å². The number of hydrogen-bond donors (Lipinski definition) is 3. The van der Waals surface area contributed by atoms with Crippen LogP contribution in [0.1, 0.15) is 30.9 Å². The maximum Gasteiger partial charge on any atom is 0.352 e. The predicted octanol–water partition coefficient (Wildman–Crippen LogP) is 2.87. The van der Waals surface area contributed by atoms with Gasteiger partial charge in [0, 0.05) is 0 Å². The van der Waals surface area contributed by atoms with Crippen LogP contribution in [0.25, 0.3) is 0 Å². The number of guanidine groups is 1. The van der Waals surface area contributed by atoms with Crippen LogP contribution in [0.5, 0.6) is 0 Å². The van der Waals surface area contributed by atoms with E-state index in [0.717, 1.165) is 28.9 Å². The summed E-state index contributed by atoms with van der Waals surface area (Å²) >= 11 is 0. The van der Waals surface area contributed by atoms with Gasteiger partial charge in [0.05, 0.1) is 12.3 Å². The Morgan fingerprint density at radius 3 is 2.43 bits per heavy atom. The molecule has 118 valence electrons. The second kappa shape index (κ2) is 9.20. The summed E-state index contributed by atoms with van der Waals surface area (Å²) in [6.45, 7) is 6.19. The van der Waals surface area contributed by atoms with Gasteiger partial charge in [-0.2, -0.15) is 0 Å². The number of nitrogens with zero attached hydrogens (tertiary/aromatic N) is 1. The number of carbonyl (C=O) groups excluding carboxylic acids is 1. The van der Waals surface area contributed by atoms with Crippen molar-refractivity contribution in [3.05, 3.63) is 29.3 Å². The molecule has 7 heteroatoms. The number of carbonyl (C=O) groups is 1. The minimum absolute atomic E-state index is 0. The molecule has 1 aromatic carbocycles.